The molecule has 0 saturated carbocycles. The van der Waals surface area contributed by atoms with Crippen LogP contribution >= 0.6 is 0 Å². The fourth-order valence-corrected chi connectivity index (χ4v) is 0.631. The van der Waals surface area contributed by atoms with Gasteiger partial charge < -0.3 is 5.32 Å². The van der Waals surface area contributed by atoms with Gasteiger partial charge in [0.05, 0.1) is 5.75 Å². The van der Waals surface area contributed by atoms with Crippen LogP contribution in [0.1, 0.15) is 0 Å². The lowest BCUT2D eigenvalue weighted by molar-refractivity contribution is 0.543. The van der Waals surface area contributed by atoms with Gasteiger partial charge in [-0.25, -0.2) is 13.6 Å². The highest BCUT2D eigenvalue weighted by atomic mass is 32.2. The van der Waals surface area contributed by atoms with Crippen LogP contribution in [0, 0.1) is 0 Å². The van der Waals surface area contributed by atoms with Crippen LogP contribution in [0.5, 0.6) is 0 Å². The van der Waals surface area contributed by atoms with Gasteiger partial charge in [0, 0.05) is 6.54 Å². The second-order valence-electron chi connectivity index (χ2n) is 1.40. The van der Waals surface area contributed by atoms with Crippen molar-refractivity contribution in [2.75, 3.05) is 12.3 Å². The highest BCUT2D eigenvalue weighted by Gasteiger charge is 1.99. The maximum atomic E-state index is 10.1. The molecule has 6 heteroatoms. The minimum atomic E-state index is -3.44. The zero-order chi connectivity index (χ0) is 7.33. The molecule has 1 amide bonds. The van der Waals surface area contributed by atoms with Gasteiger partial charge >= 0.3 is 6.41 Å². The number of hydrogen-bond acceptors (Lipinski definition) is 3. The van der Waals surface area contributed by atoms with E-state index in [1.807, 2.05) is 5.32 Å². The van der Waals surface area contributed by atoms with Gasteiger partial charge in [0.1, 0.15) is 0 Å². The zero-order valence-electron chi connectivity index (χ0n) is 4.62. The second kappa shape index (κ2) is 3.41. The molecule has 0 heterocycles. The maximum Gasteiger partial charge on any atom is 0.309 e. The molecule has 0 saturated heterocycles. The quantitative estimate of drug-likeness (QED) is 0.357. The molecule has 0 aliphatic rings. The van der Waals surface area contributed by atoms with Crippen LogP contribution in [0.25, 0.3) is 0 Å². The van der Waals surface area contributed by atoms with Crippen LogP contribution in [0.2, 0.25) is 0 Å². The Labute approximate surface area is 53.3 Å². The molecular weight excluding hydrogens is 144 g/mol. The van der Waals surface area contributed by atoms with E-state index < -0.39 is 10.0 Å². The first kappa shape index (κ1) is 8.38. The number of amides is 1. The molecule has 0 atom stereocenters. The fourth-order valence-electron chi connectivity index (χ4n) is 0.244. The normalized spacial score (nSPS) is 10.8. The third kappa shape index (κ3) is 7.38. The molecule has 0 fully saturated rings. The van der Waals surface area contributed by atoms with Crippen molar-refractivity contribution in [1.82, 2.24) is 5.32 Å². The molecule has 0 bridgehead atoms. The molecule has 1 radical (unpaired) electrons. The third-order valence-corrected chi connectivity index (χ3v) is 1.36. The van der Waals surface area contributed by atoms with Crippen molar-refractivity contribution >= 4 is 16.4 Å². The van der Waals surface area contributed by atoms with Crippen molar-refractivity contribution in [3.63, 3.8) is 0 Å². The van der Waals surface area contributed by atoms with Crippen LogP contribution in [-0.2, 0) is 14.8 Å². The van der Waals surface area contributed by atoms with E-state index in [4.69, 9.17) is 0 Å². The van der Waals surface area contributed by atoms with Gasteiger partial charge in [0.25, 0.3) is 0 Å². The largest absolute Gasteiger partial charge is 0.347 e. The van der Waals surface area contributed by atoms with Crippen molar-refractivity contribution in [1.29, 1.82) is 0 Å². The summed E-state index contributed by atoms with van der Waals surface area (Å²) in [5.41, 5.74) is 0. The predicted octanol–water partition coefficient (Wildman–Crippen LogP) is -2.07. The summed E-state index contributed by atoms with van der Waals surface area (Å²) in [4.78, 5) is 9.42. The van der Waals surface area contributed by atoms with E-state index in [9.17, 15) is 13.2 Å². The highest BCUT2D eigenvalue weighted by Crippen LogP contribution is 1.71. The Bertz CT molecular complexity index is 173. The molecule has 0 spiro atoms. The Hall–Kier alpha value is -0.620. The number of sulfonamides is 1. The number of hydrogen-bond donors (Lipinski definition) is 2. The lowest BCUT2D eigenvalue weighted by Gasteiger charge is -1.93. The summed E-state index contributed by atoms with van der Waals surface area (Å²) in [5.74, 6) is -0.248. The number of primary sulfonamides is 1. The maximum absolute atomic E-state index is 10.1. The molecule has 0 unspecified atom stereocenters. The summed E-state index contributed by atoms with van der Waals surface area (Å²) in [6.07, 6.45) is 1.32. The molecule has 0 aromatic heterocycles. The van der Waals surface area contributed by atoms with Gasteiger partial charge in [-0.05, 0) is 0 Å². The second-order valence-corrected chi connectivity index (χ2v) is 3.13. The lowest BCUT2D eigenvalue weighted by atomic mass is 10.8. The summed E-state index contributed by atoms with van der Waals surface area (Å²) in [6, 6.07) is 0. The lowest BCUT2D eigenvalue weighted by Crippen LogP contribution is -2.26. The first-order chi connectivity index (χ1) is 4.06. The molecule has 5 nitrogen and oxygen atoms in total. The first-order valence-electron chi connectivity index (χ1n) is 2.17. The van der Waals surface area contributed by atoms with Crippen molar-refractivity contribution < 1.29 is 13.2 Å². The standard InChI is InChI=1S/C3H7N2O3S/c4-9(7,8)2-1-5-3-6/h1-2H2,(H,5,6)(H2,4,7,8). The minimum Gasteiger partial charge on any atom is -0.347 e. The van der Waals surface area contributed by atoms with Crippen molar-refractivity contribution in [3.8, 4) is 0 Å². The van der Waals surface area contributed by atoms with Gasteiger partial charge in [-0.1, -0.05) is 0 Å². The van der Waals surface area contributed by atoms with Crippen LogP contribution in [0.4, 0.5) is 0 Å². The van der Waals surface area contributed by atoms with Gasteiger partial charge in [-0.2, -0.15) is 0 Å². The molecule has 0 aliphatic heterocycles. The Morgan fingerprint density at radius 1 is 1.56 bits per heavy atom. The van der Waals surface area contributed by atoms with Gasteiger partial charge in [0.2, 0.25) is 10.0 Å². The molecule has 0 aromatic carbocycles. The summed E-state index contributed by atoms with van der Waals surface area (Å²) in [6.45, 7) is 0.0162. The monoisotopic (exact) mass is 151 g/mol. The topological polar surface area (TPSA) is 89.3 Å². The van der Waals surface area contributed by atoms with E-state index in [0.29, 0.717) is 0 Å². The van der Waals surface area contributed by atoms with Crippen LogP contribution < -0.4 is 10.5 Å². The van der Waals surface area contributed by atoms with Crippen LogP contribution in [0.15, 0.2) is 0 Å². The summed E-state index contributed by atoms with van der Waals surface area (Å²) in [7, 11) is -3.44. The number of nitrogens with two attached hydrogens (primary N) is 1. The molecule has 9 heavy (non-hydrogen) atoms. The van der Waals surface area contributed by atoms with Crippen molar-refractivity contribution in [3.05, 3.63) is 0 Å². The molecule has 0 rings (SSSR count). The number of carbonyl (C=O) groups excluding carboxylic acids is 1. The summed E-state index contributed by atoms with van der Waals surface area (Å²) in [5, 5.41) is 6.62. The van der Waals surface area contributed by atoms with Crippen molar-refractivity contribution in [2.45, 2.75) is 0 Å². The molecule has 0 aromatic rings. The van der Waals surface area contributed by atoms with E-state index >= 15 is 0 Å². The van der Waals surface area contributed by atoms with E-state index in [1.165, 1.54) is 6.41 Å². The molecule has 3 N–H and O–H groups in total. The average molecular weight is 151 g/mol. The Balaban J connectivity index is 3.40. The van der Waals surface area contributed by atoms with Crippen molar-refractivity contribution in [2.24, 2.45) is 5.14 Å². The number of rotatable bonds is 4. The molecular formula is C3H7N2O3S. The van der Waals surface area contributed by atoms with Gasteiger partial charge in [0.15, 0.2) is 0 Å². The van der Waals surface area contributed by atoms with E-state index in [-0.39, 0.29) is 12.3 Å². The SMILES string of the molecule is NS(=O)(=O)CCN[C]=O. The van der Waals surface area contributed by atoms with Gasteiger partial charge in [-0.3, -0.25) is 4.79 Å². The Morgan fingerprint density at radius 3 is 2.44 bits per heavy atom. The van der Waals surface area contributed by atoms with Crippen LogP contribution in [0.3, 0.4) is 0 Å². The third-order valence-electron chi connectivity index (χ3n) is 0.584. The summed E-state index contributed by atoms with van der Waals surface area (Å²) >= 11 is 0. The van der Waals surface area contributed by atoms with E-state index in [1.54, 1.807) is 0 Å². The molecule has 53 valence electrons. The van der Waals surface area contributed by atoms with E-state index in [0.717, 1.165) is 0 Å². The zero-order valence-corrected chi connectivity index (χ0v) is 5.44. The first-order valence-corrected chi connectivity index (χ1v) is 3.88. The number of nitrogens with one attached hydrogen (secondary N) is 1. The minimum absolute atomic E-state index is 0.0162. The fraction of sp³-hybridized carbons (Fsp3) is 0.667. The Kier molecular flexibility index (Phi) is 3.18. The average Bonchev–Trinajstić information content (AvgIpc) is 1.63. The smallest absolute Gasteiger partial charge is 0.309 e. The van der Waals surface area contributed by atoms with E-state index in [2.05, 4.69) is 5.14 Å². The predicted molar refractivity (Wildman–Crippen MR) is 31.7 cm³/mol. The summed E-state index contributed by atoms with van der Waals surface area (Å²) < 4.78 is 20.2. The Morgan fingerprint density at radius 2 is 2.11 bits per heavy atom. The van der Waals surface area contributed by atoms with Gasteiger partial charge in [-0.15, -0.1) is 0 Å². The van der Waals surface area contributed by atoms with Crippen LogP contribution in [-0.4, -0.2) is 27.1 Å². The molecule has 0 aliphatic carbocycles. The highest BCUT2D eigenvalue weighted by molar-refractivity contribution is 7.89.